The molecule has 0 fully saturated rings. The van der Waals surface area contributed by atoms with E-state index in [4.69, 9.17) is 4.74 Å². The van der Waals surface area contributed by atoms with Gasteiger partial charge >= 0.3 is 5.97 Å². The molecule has 0 bridgehead atoms. The van der Waals surface area contributed by atoms with Gasteiger partial charge in [-0.3, -0.25) is 0 Å². The Balaban J connectivity index is 2.71. The van der Waals surface area contributed by atoms with Crippen LogP contribution in [0.15, 0.2) is 30.6 Å². The average molecular weight is 233 g/mol. The fraction of sp³-hybridized carbons (Fsp3) is 0.167. The molecule has 0 unspecified atom stereocenters. The quantitative estimate of drug-likeness (QED) is 0.445. The van der Waals surface area contributed by atoms with Crippen LogP contribution in [0.2, 0.25) is 0 Å². The SMILES string of the molecule is COC(=O)c1cc(OC)c2cc[n+]([O-])cc2c1. The molecule has 2 rings (SSSR count). The fourth-order valence-corrected chi connectivity index (χ4v) is 1.67. The van der Waals surface area contributed by atoms with E-state index in [1.165, 1.54) is 26.6 Å². The van der Waals surface area contributed by atoms with Crippen molar-refractivity contribution in [2.75, 3.05) is 14.2 Å². The summed E-state index contributed by atoms with van der Waals surface area (Å²) in [5.41, 5.74) is 0.350. The Morgan fingerprint density at radius 2 is 2.12 bits per heavy atom. The van der Waals surface area contributed by atoms with E-state index in [2.05, 4.69) is 4.74 Å². The molecule has 0 atom stereocenters. The lowest BCUT2D eigenvalue weighted by Crippen LogP contribution is -2.23. The van der Waals surface area contributed by atoms with Crippen LogP contribution in [0, 0.1) is 5.21 Å². The number of benzene rings is 1. The number of methoxy groups -OCH3 is 2. The molecule has 0 saturated carbocycles. The Hall–Kier alpha value is -2.30. The molecule has 2 aromatic rings. The summed E-state index contributed by atoms with van der Waals surface area (Å²) < 4.78 is 10.5. The van der Waals surface area contributed by atoms with Gasteiger partial charge in [-0.1, -0.05) is 0 Å². The predicted molar refractivity (Wildman–Crippen MR) is 60.8 cm³/mol. The number of esters is 1. The Morgan fingerprint density at radius 3 is 2.76 bits per heavy atom. The summed E-state index contributed by atoms with van der Waals surface area (Å²) >= 11 is 0. The topological polar surface area (TPSA) is 62.5 Å². The summed E-state index contributed by atoms with van der Waals surface area (Å²) in [5.74, 6) is 0.0648. The Labute approximate surface area is 97.8 Å². The van der Waals surface area contributed by atoms with Crippen LogP contribution in [0.1, 0.15) is 10.4 Å². The molecule has 5 heteroatoms. The summed E-state index contributed by atoms with van der Waals surface area (Å²) in [7, 11) is 2.81. The molecule has 0 amide bonds. The maximum Gasteiger partial charge on any atom is 0.338 e. The number of fused-ring (bicyclic) bond motifs is 1. The van der Waals surface area contributed by atoms with Gasteiger partial charge in [0.2, 0.25) is 0 Å². The van der Waals surface area contributed by atoms with E-state index in [0.717, 1.165) is 5.39 Å². The summed E-state index contributed by atoms with van der Waals surface area (Å²) in [6, 6.07) is 4.82. The van der Waals surface area contributed by atoms with Gasteiger partial charge in [-0.15, -0.1) is 0 Å². The zero-order chi connectivity index (χ0) is 12.4. The zero-order valence-electron chi connectivity index (χ0n) is 9.47. The fourth-order valence-electron chi connectivity index (χ4n) is 1.67. The van der Waals surface area contributed by atoms with Crippen LogP contribution in [0.5, 0.6) is 5.75 Å². The second kappa shape index (κ2) is 4.29. The van der Waals surface area contributed by atoms with Crippen LogP contribution in [-0.4, -0.2) is 20.2 Å². The molecule has 0 saturated heterocycles. The standard InChI is InChI=1S/C12H11NO4/c1-16-11-6-8(12(14)17-2)5-9-7-13(15)4-3-10(9)11/h3-7H,1-2H3. The molecule has 0 N–H and O–H groups in total. The maximum absolute atomic E-state index is 11.4. The number of hydrogen-bond acceptors (Lipinski definition) is 4. The third kappa shape index (κ3) is 1.99. The minimum absolute atomic E-state index is 0.350. The zero-order valence-corrected chi connectivity index (χ0v) is 9.47. The van der Waals surface area contributed by atoms with Crippen molar-refractivity contribution < 1.29 is 19.0 Å². The van der Waals surface area contributed by atoms with Gasteiger partial charge in [0, 0.05) is 11.5 Å². The van der Waals surface area contributed by atoms with E-state index >= 15 is 0 Å². The van der Waals surface area contributed by atoms with Crippen LogP contribution in [-0.2, 0) is 4.74 Å². The monoisotopic (exact) mass is 233 g/mol. The minimum atomic E-state index is -0.466. The highest BCUT2D eigenvalue weighted by Crippen LogP contribution is 2.26. The first kappa shape index (κ1) is 11.2. The van der Waals surface area contributed by atoms with Crippen molar-refractivity contribution in [3.63, 3.8) is 0 Å². The van der Waals surface area contributed by atoms with E-state index in [1.807, 2.05) is 0 Å². The summed E-state index contributed by atoms with van der Waals surface area (Å²) in [4.78, 5) is 11.4. The van der Waals surface area contributed by atoms with E-state index in [0.29, 0.717) is 21.4 Å². The van der Waals surface area contributed by atoms with Crippen LogP contribution in [0.3, 0.4) is 0 Å². The first-order chi connectivity index (χ1) is 8.15. The number of carbonyl (C=O) groups is 1. The second-order valence-electron chi connectivity index (χ2n) is 3.48. The highest BCUT2D eigenvalue weighted by atomic mass is 16.5. The van der Waals surface area contributed by atoms with Gasteiger partial charge in [0.15, 0.2) is 12.4 Å². The normalized spacial score (nSPS) is 10.2. The highest BCUT2D eigenvalue weighted by Gasteiger charge is 2.12. The summed E-state index contributed by atoms with van der Waals surface area (Å²) in [6.45, 7) is 0. The number of nitrogens with zero attached hydrogens (tertiary/aromatic N) is 1. The lowest BCUT2D eigenvalue weighted by atomic mass is 10.1. The van der Waals surface area contributed by atoms with Gasteiger partial charge in [-0.2, -0.15) is 4.73 Å². The van der Waals surface area contributed by atoms with Crippen LogP contribution in [0.4, 0.5) is 0 Å². The molecule has 1 heterocycles. The third-order valence-corrected chi connectivity index (χ3v) is 2.47. The highest BCUT2D eigenvalue weighted by molar-refractivity contribution is 5.97. The number of rotatable bonds is 2. The van der Waals surface area contributed by atoms with Crippen LogP contribution in [0.25, 0.3) is 10.8 Å². The average Bonchev–Trinajstić information content (AvgIpc) is 2.35. The minimum Gasteiger partial charge on any atom is -0.619 e. The first-order valence-electron chi connectivity index (χ1n) is 4.94. The van der Waals surface area contributed by atoms with Crippen molar-refractivity contribution >= 4 is 16.7 Å². The van der Waals surface area contributed by atoms with E-state index in [1.54, 1.807) is 18.2 Å². The van der Waals surface area contributed by atoms with Crippen molar-refractivity contribution in [2.45, 2.75) is 0 Å². The van der Waals surface area contributed by atoms with Gasteiger partial charge in [0.1, 0.15) is 5.75 Å². The molecule has 88 valence electrons. The number of ether oxygens (including phenoxy) is 2. The lowest BCUT2D eigenvalue weighted by Gasteiger charge is -2.07. The molecular formula is C12H11NO4. The number of carbonyl (C=O) groups excluding carboxylic acids is 1. The number of hydrogen-bond donors (Lipinski definition) is 0. The third-order valence-electron chi connectivity index (χ3n) is 2.47. The van der Waals surface area contributed by atoms with Gasteiger partial charge in [0.25, 0.3) is 0 Å². The van der Waals surface area contributed by atoms with Crippen molar-refractivity contribution in [3.05, 3.63) is 41.4 Å². The Morgan fingerprint density at radius 1 is 1.35 bits per heavy atom. The van der Waals surface area contributed by atoms with Gasteiger partial charge in [-0.05, 0) is 12.1 Å². The van der Waals surface area contributed by atoms with Gasteiger partial charge < -0.3 is 14.7 Å². The van der Waals surface area contributed by atoms with Crippen molar-refractivity contribution in [2.24, 2.45) is 0 Å². The molecule has 17 heavy (non-hydrogen) atoms. The second-order valence-corrected chi connectivity index (χ2v) is 3.48. The first-order valence-corrected chi connectivity index (χ1v) is 4.94. The Bertz CT molecular complexity index is 580. The lowest BCUT2D eigenvalue weighted by molar-refractivity contribution is -0.603. The summed E-state index contributed by atoms with van der Waals surface area (Å²) in [5, 5.41) is 12.6. The number of pyridine rings is 1. The molecular weight excluding hydrogens is 222 g/mol. The molecule has 0 aliphatic rings. The molecule has 0 aliphatic heterocycles. The largest absolute Gasteiger partial charge is 0.619 e. The van der Waals surface area contributed by atoms with Gasteiger partial charge in [0.05, 0.1) is 25.2 Å². The van der Waals surface area contributed by atoms with Crippen molar-refractivity contribution in [3.8, 4) is 5.75 Å². The molecule has 1 aromatic carbocycles. The molecule has 0 spiro atoms. The van der Waals surface area contributed by atoms with Gasteiger partial charge in [-0.25, -0.2) is 4.79 Å². The molecule has 0 aliphatic carbocycles. The maximum atomic E-state index is 11.4. The molecule has 1 aromatic heterocycles. The smallest absolute Gasteiger partial charge is 0.338 e. The number of aromatic nitrogens is 1. The summed E-state index contributed by atoms with van der Waals surface area (Å²) in [6.07, 6.45) is 2.76. The van der Waals surface area contributed by atoms with E-state index in [-0.39, 0.29) is 0 Å². The van der Waals surface area contributed by atoms with E-state index in [9.17, 15) is 10.0 Å². The molecule has 5 nitrogen and oxygen atoms in total. The van der Waals surface area contributed by atoms with Crippen molar-refractivity contribution in [1.82, 2.24) is 0 Å². The predicted octanol–water partition coefficient (Wildman–Crippen LogP) is 1.27. The van der Waals surface area contributed by atoms with Crippen molar-refractivity contribution in [1.29, 1.82) is 0 Å². The van der Waals surface area contributed by atoms with Crippen LogP contribution < -0.4 is 9.47 Å². The van der Waals surface area contributed by atoms with E-state index < -0.39 is 5.97 Å². The Kier molecular flexibility index (Phi) is 2.82. The van der Waals surface area contributed by atoms with Crippen LogP contribution >= 0.6 is 0 Å². The molecule has 0 radical (unpaired) electrons.